The summed E-state index contributed by atoms with van der Waals surface area (Å²) in [7, 11) is 0. The molecule has 4 aliphatic rings. The third kappa shape index (κ3) is 3.57. The number of Topliss-reactive ketones (excluding diaryl/α,β-unsaturated/α-hetero) is 1. The van der Waals surface area contributed by atoms with Crippen LogP contribution in [0.4, 0.5) is 0 Å². The maximum atomic E-state index is 12.1. The van der Waals surface area contributed by atoms with Crippen molar-refractivity contribution in [3.8, 4) is 0 Å². The van der Waals surface area contributed by atoms with Gasteiger partial charge in [0.05, 0.1) is 0 Å². The molecule has 0 amide bonds. The molecule has 0 saturated heterocycles. The fourth-order valence-corrected chi connectivity index (χ4v) is 8.49. The Hall–Kier alpha value is -0.850. The first-order valence-corrected chi connectivity index (χ1v) is 13.1. The zero-order valence-electron chi connectivity index (χ0n) is 20.5. The molecule has 4 rings (SSSR count). The van der Waals surface area contributed by atoms with Gasteiger partial charge in [0.25, 0.3) is 0 Å². The van der Waals surface area contributed by atoms with E-state index in [4.69, 9.17) is 0 Å². The fraction of sp³-hybridized carbons (Fsp3) is 0.828. The molecule has 0 heterocycles. The van der Waals surface area contributed by atoms with Gasteiger partial charge in [-0.15, -0.1) is 0 Å². The van der Waals surface area contributed by atoms with Gasteiger partial charge in [0, 0.05) is 12.8 Å². The summed E-state index contributed by atoms with van der Waals surface area (Å²) in [6, 6.07) is 0. The van der Waals surface area contributed by atoms with Gasteiger partial charge in [0.2, 0.25) is 0 Å². The average molecular weight is 411 g/mol. The van der Waals surface area contributed by atoms with Gasteiger partial charge in [-0.25, -0.2) is 0 Å². The summed E-state index contributed by atoms with van der Waals surface area (Å²) >= 11 is 0. The topological polar surface area (TPSA) is 17.1 Å². The predicted molar refractivity (Wildman–Crippen MR) is 127 cm³/mol. The van der Waals surface area contributed by atoms with Crippen LogP contribution in [-0.2, 0) is 4.79 Å². The third-order valence-corrected chi connectivity index (χ3v) is 10.6. The summed E-state index contributed by atoms with van der Waals surface area (Å²) in [5.41, 5.74) is 2.68. The largest absolute Gasteiger partial charge is 0.300 e. The Morgan fingerprint density at radius 2 is 1.77 bits per heavy atom. The molecule has 168 valence electrons. The number of fused-ring (bicyclic) bond motifs is 5. The van der Waals surface area contributed by atoms with Gasteiger partial charge in [0.1, 0.15) is 5.78 Å². The second-order valence-corrected chi connectivity index (χ2v) is 12.3. The second kappa shape index (κ2) is 8.25. The highest BCUT2D eigenvalue weighted by Gasteiger charge is 2.58. The normalized spacial score (nSPS) is 43.2. The average Bonchev–Trinajstić information content (AvgIpc) is 3.06. The van der Waals surface area contributed by atoms with E-state index in [-0.39, 0.29) is 0 Å². The van der Waals surface area contributed by atoms with Gasteiger partial charge in [-0.2, -0.15) is 0 Å². The molecule has 0 bridgehead atoms. The van der Waals surface area contributed by atoms with Crippen molar-refractivity contribution < 1.29 is 4.79 Å². The van der Waals surface area contributed by atoms with Gasteiger partial charge in [-0.05, 0) is 97.2 Å². The number of hydrogen-bond acceptors (Lipinski definition) is 1. The van der Waals surface area contributed by atoms with E-state index in [2.05, 4.69) is 59.8 Å². The highest BCUT2D eigenvalue weighted by atomic mass is 16.1. The van der Waals surface area contributed by atoms with E-state index in [1.54, 1.807) is 0 Å². The molecular formula is C29H46O. The lowest BCUT2D eigenvalue weighted by Gasteiger charge is -2.57. The van der Waals surface area contributed by atoms with Crippen molar-refractivity contribution >= 4 is 5.78 Å². The molecule has 1 unspecified atom stereocenters. The lowest BCUT2D eigenvalue weighted by Crippen LogP contribution is -2.49. The highest BCUT2D eigenvalue weighted by Crippen LogP contribution is 2.66. The van der Waals surface area contributed by atoms with E-state index in [1.165, 1.54) is 32.1 Å². The molecule has 0 spiro atoms. The van der Waals surface area contributed by atoms with Crippen molar-refractivity contribution in [1.82, 2.24) is 0 Å². The fourth-order valence-electron chi connectivity index (χ4n) is 8.49. The number of hydrogen-bond donors (Lipinski definition) is 0. The molecule has 0 N–H and O–H groups in total. The molecular weight excluding hydrogens is 364 g/mol. The molecule has 8 atom stereocenters. The van der Waals surface area contributed by atoms with E-state index in [9.17, 15) is 4.79 Å². The quantitative estimate of drug-likeness (QED) is 0.419. The van der Waals surface area contributed by atoms with Gasteiger partial charge in [-0.1, -0.05) is 65.3 Å². The standard InChI is InChI=1S/C29H46O/c1-7-21(19(2)3)9-8-20(4)25-12-13-26-24-11-10-22-18-23(30)14-16-28(22,5)27(24)15-17-29(25,26)6/h8-9,11,19-22,25-27H,7,10,12-18H2,1-6H3/t20-,21?,22+,25-,26+,27+,28+,29-/m1/s1. The third-order valence-electron chi connectivity index (χ3n) is 10.6. The van der Waals surface area contributed by atoms with Crippen molar-refractivity contribution in [1.29, 1.82) is 0 Å². The lowest BCUT2D eigenvalue weighted by atomic mass is 9.48. The van der Waals surface area contributed by atoms with Crippen LogP contribution < -0.4 is 0 Å². The number of carbonyl (C=O) groups excluding carboxylic acids is 1. The van der Waals surface area contributed by atoms with Crippen LogP contribution in [0, 0.1) is 52.3 Å². The number of rotatable bonds is 5. The molecule has 3 saturated carbocycles. The van der Waals surface area contributed by atoms with Crippen LogP contribution in [0.5, 0.6) is 0 Å². The van der Waals surface area contributed by atoms with Gasteiger partial charge < -0.3 is 0 Å². The number of allylic oxidation sites excluding steroid dienone is 4. The van der Waals surface area contributed by atoms with Gasteiger partial charge in [-0.3, -0.25) is 4.79 Å². The Morgan fingerprint density at radius 1 is 1.03 bits per heavy atom. The molecule has 0 aromatic heterocycles. The zero-order chi connectivity index (χ0) is 21.7. The monoisotopic (exact) mass is 410 g/mol. The summed E-state index contributed by atoms with van der Waals surface area (Å²) in [6.07, 6.45) is 18.5. The van der Waals surface area contributed by atoms with E-state index >= 15 is 0 Å². The van der Waals surface area contributed by atoms with Crippen LogP contribution in [0.15, 0.2) is 23.8 Å². The predicted octanol–water partition coefficient (Wildman–Crippen LogP) is 8.01. The molecule has 4 aliphatic carbocycles. The Labute approximate surface area is 186 Å². The Bertz CT molecular complexity index is 714. The minimum atomic E-state index is 0.383. The first-order valence-electron chi connectivity index (χ1n) is 13.1. The van der Waals surface area contributed by atoms with Crippen LogP contribution >= 0.6 is 0 Å². The first-order chi connectivity index (χ1) is 14.2. The van der Waals surface area contributed by atoms with Crippen LogP contribution in [0.2, 0.25) is 0 Å². The van der Waals surface area contributed by atoms with E-state index in [1.807, 2.05) is 5.57 Å². The van der Waals surface area contributed by atoms with Crippen molar-refractivity contribution in [2.24, 2.45) is 52.3 Å². The van der Waals surface area contributed by atoms with Crippen molar-refractivity contribution in [3.63, 3.8) is 0 Å². The smallest absolute Gasteiger partial charge is 0.133 e. The van der Waals surface area contributed by atoms with E-state index < -0.39 is 0 Å². The lowest BCUT2D eigenvalue weighted by molar-refractivity contribution is -0.127. The van der Waals surface area contributed by atoms with Crippen molar-refractivity contribution in [3.05, 3.63) is 23.8 Å². The first kappa shape index (κ1) is 22.3. The van der Waals surface area contributed by atoms with E-state index in [0.29, 0.717) is 28.4 Å². The number of carbonyl (C=O) groups is 1. The molecule has 0 aromatic rings. The summed E-state index contributed by atoms with van der Waals surface area (Å²) in [6.45, 7) is 14.7. The van der Waals surface area contributed by atoms with Crippen molar-refractivity contribution in [2.45, 2.75) is 99.3 Å². The van der Waals surface area contributed by atoms with Crippen LogP contribution in [0.3, 0.4) is 0 Å². The summed E-state index contributed by atoms with van der Waals surface area (Å²) in [5, 5.41) is 0. The second-order valence-electron chi connectivity index (χ2n) is 12.3. The maximum absolute atomic E-state index is 12.1. The Kier molecular flexibility index (Phi) is 6.15. The zero-order valence-corrected chi connectivity index (χ0v) is 20.5. The van der Waals surface area contributed by atoms with Crippen LogP contribution in [0.25, 0.3) is 0 Å². The van der Waals surface area contributed by atoms with Gasteiger partial charge >= 0.3 is 0 Å². The summed E-state index contributed by atoms with van der Waals surface area (Å²) in [5.74, 6) is 5.63. The Morgan fingerprint density at radius 3 is 2.47 bits per heavy atom. The molecule has 0 radical (unpaired) electrons. The highest BCUT2D eigenvalue weighted by molar-refractivity contribution is 5.79. The minimum absolute atomic E-state index is 0.383. The molecule has 3 fully saturated rings. The summed E-state index contributed by atoms with van der Waals surface area (Å²) < 4.78 is 0. The molecule has 0 aliphatic heterocycles. The van der Waals surface area contributed by atoms with Crippen LogP contribution in [0.1, 0.15) is 99.3 Å². The summed E-state index contributed by atoms with van der Waals surface area (Å²) in [4.78, 5) is 12.1. The SMILES string of the molecule is CCC(C=C[C@@H](C)[C@H]1CC[C@H]2C3=CC[C@H]4CC(=O)CC[C@]4(C)[C@H]3CC[C@]12C)C(C)C. The van der Waals surface area contributed by atoms with E-state index in [0.717, 1.165) is 55.3 Å². The maximum Gasteiger partial charge on any atom is 0.133 e. The van der Waals surface area contributed by atoms with Crippen LogP contribution in [-0.4, -0.2) is 5.78 Å². The number of ketones is 1. The molecule has 1 nitrogen and oxygen atoms in total. The van der Waals surface area contributed by atoms with Gasteiger partial charge in [0.15, 0.2) is 0 Å². The van der Waals surface area contributed by atoms with Crippen molar-refractivity contribution in [2.75, 3.05) is 0 Å². The molecule has 30 heavy (non-hydrogen) atoms. The molecule has 1 heteroatoms. The minimum Gasteiger partial charge on any atom is -0.300 e. The Balaban J connectivity index is 1.54. The molecule has 0 aromatic carbocycles.